The second-order valence-corrected chi connectivity index (χ2v) is 14.8. The number of ketones is 1. The lowest BCUT2D eigenvalue weighted by Crippen LogP contribution is -3.00. The minimum Gasteiger partial charge on any atom is -1.00 e. The first kappa shape index (κ1) is 44.1. The zero-order chi connectivity index (χ0) is 39.5. The number of sulfonamides is 1. The second-order valence-electron chi connectivity index (χ2n) is 10.5. The third-order valence-electron chi connectivity index (χ3n) is 6.72. The van der Waals surface area contributed by atoms with Crippen molar-refractivity contribution in [2.45, 2.75) is 22.1 Å². The number of hydrogen-bond donors (Lipinski definition) is 2. The van der Waals surface area contributed by atoms with Crippen LogP contribution in [-0.4, -0.2) is 58.7 Å². The molecule has 6 aromatic rings. The van der Waals surface area contributed by atoms with Gasteiger partial charge in [-0.3, -0.25) is 4.79 Å². The van der Waals surface area contributed by atoms with Gasteiger partial charge >= 0.3 is 18.3 Å². The van der Waals surface area contributed by atoms with Gasteiger partial charge in [0.25, 0.3) is 0 Å². The van der Waals surface area contributed by atoms with Crippen molar-refractivity contribution in [3.63, 3.8) is 0 Å². The molecule has 0 fully saturated rings. The Kier molecular flexibility index (Phi) is 13.9. The third kappa shape index (κ3) is 11.1. The van der Waals surface area contributed by atoms with E-state index in [1.54, 1.807) is 18.2 Å². The van der Waals surface area contributed by atoms with Crippen molar-refractivity contribution >= 4 is 65.8 Å². The molecule has 6 rings (SSSR count). The summed E-state index contributed by atoms with van der Waals surface area (Å²) in [5.41, 5.74) is -2.16. The van der Waals surface area contributed by atoms with Crippen molar-refractivity contribution in [1.82, 2.24) is 19.2 Å². The number of primary sulfonamides is 1. The number of nitrogens with zero attached hydrogens (tertiary/aromatic N) is 4. The predicted molar refractivity (Wildman–Crippen MR) is 178 cm³/mol. The molecule has 0 saturated carbocycles. The molecule has 0 unspecified atom stereocenters. The summed E-state index contributed by atoms with van der Waals surface area (Å²) >= 11 is 11.4. The van der Waals surface area contributed by atoms with E-state index in [9.17, 15) is 52.8 Å². The van der Waals surface area contributed by atoms with Gasteiger partial charge in [-0.2, -0.15) is 36.5 Å². The Bertz CT molecular complexity index is 2560. The number of pyridine rings is 2. The van der Waals surface area contributed by atoms with Gasteiger partial charge < -0.3 is 29.1 Å². The van der Waals surface area contributed by atoms with E-state index in [0.29, 0.717) is 0 Å². The van der Waals surface area contributed by atoms with E-state index in [4.69, 9.17) is 33.4 Å². The third-order valence-corrected chi connectivity index (χ3v) is 10.2. The molecule has 12 nitrogen and oxygen atoms in total. The van der Waals surface area contributed by atoms with Crippen LogP contribution in [0, 0.1) is 0 Å². The zero-order valence-corrected chi connectivity index (χ0v) is 31.7. The number of sulfone groups is 1. The van der Waals surface area contributed by atoms with Crippen LogP contribution in [0.4, 0.5) is 26.3 Å². The average Bonchev–Trinajstić information content (AvgIpc) is 3.68. The number of benzene rings is 2. The van der Waals surface area contributed by atoms with Crippen molar-refractivity contribution in [2.75, 3.05) is 5.75 Å². The number of hydrogen-bond acceptors (Lipinski definition) is 8. The molecule has 0 spiro atoms. The zero-order valence-electron chi connectivity index (χ0n) is 26.4. The molecule has 288 valence electrons. The average molecular weight is 951 g/mol. The maximum absolute atomic E-state index is 12.7. The summed E-state index contributed by atoms with van der Waals surface area (Å²) in [5.74, 6) is -3.02. The Morgan fingerprint density at radius 3 is 1.48 bits per heavy atom. The quantitative estimate of drug-likeness (QED) is 0.143. The summed E-state index contributed by atoms with van der Waals surface area (Å²) in [7, 11) is -7.68. The number of carboxylic acid groups (broad SMARTS) is 1. The van der Waals surface area contributed by atoms with Crippen LogP contribution in [0.5, 0.6) is 0 Å². The number of carboxylic acids is 1. The van der Waals surface area contributed by atoms with Gasteiger partial charge in [-0.1, -0.05) is 47.5 Å². The molecule has 54 heavy (non-hydrogen) atoms. The fourth-order valence-corrected chi connectivity index (χ4v) is 7.13. The molecule has 0 aliphatic carbocycles. The van der Waals surface area contributed by atoms with Crippen LogP contribution in [0.25, 0.3) is 11.0 Å². The first-order chi connectivity index (χ1) is 24.5. The molecule has 0 radical (unpaired) electrons. The SMILES string of the molecule is NS(=O)(=O)c1ccccc1Cl.O=C(CS(=O)(=O)c1ccccc1Cl)c1cc2cc(C(F)(F)F)ccn2n1.O=C(O)c1cc2cc(C(F)(F)F)ccn2n1.[I-]. The van der Waals surface area contributed by atoms with Gasteiger partial charge in [0.2, 0.25) is 10.0 Å². The van der Waals surface area contributed by atoms with Crippen molar-refractivity contribution < 1.29 is 81.9 Å². The van der Waals surface area contributed by atoms with Crippen LogP contribution in [0.15, 0.2) is 107 Å². The summed E-state index contributed by atoms with van der Waals surface area (Å²) in [6, 6.07) is 17.2. The van der Waals surface area contributed by atoms with Gasteiger partial charge in [-0.25, -0.2) is 35.8 Å². The van der Waals surface area contributed by atoms with Crippen LogP contribution in [0.3, 0.4) is 0 Å². The van der Waals surface area contributed by atoms with E-state index >= 15 is 0 Å². The number of carbonyl (C=O) groups excluding carboxylic acids is 1. The van der Waals surface area contributed by atoms with Crippen LogP contribution < -0.4 is 29.1 Å². The fourth-order valence-electron chi connectivity index (χ4n) is 4.28. The number of carbonyl (C=O) groups is 2. The lowest BCUT2D eigenvalue weighted by Gasteiger charge is -2.05. The molecular weight excluding hydrogens is 930 g/mol. The number of Topliss-reactive ketones (excluding diaryl/α,β-unsaturated/α-hetero) is 1. The normalized spacial score (nSPS) is 11.9. The highest BCUT2D eigenvalue weighted by atomic mass is 127. The monoisotopic (exact) mass is 950 g/mol. The number of fused-ring (bicyclic) bond motifs is 2. The Morgan fingerprint density at radius 1 is 0.685 bits per heavy atom. The molecule has 0 atom stereocenters. The molecule has 4 heterocycles. The number of nitrogens with two attached hydrogens (primary N) is 1. The van der Waals surface area contributed by atoms with E-state index in [1.165, 1.54) is 30.3 Å². The van der Waals surface area contributed by atoms with Gasteiger partial charge in [0, 0.05) is 12.4 Å². The minimum atomic E-state index is -4.54. The highest BCUT2D eigenvalue weighted by molar-refractivity contribution is 7.92. The fraction of sp³-hybridized carbons (Fsp3) is 0.0968. The number of aromatic nitrogens is 4. The molecular formula is C31H21Cl2F6IN5O7S2-. The summed E-state index contributed by atoms with van der Waals surface area (Å²) in [5, 5.41) is 21.0. The topological polar surface area (TPSA) is 183 Å². The molecule has 0 amide bonds. The minimum absolute atomic E-state index is 0. The Balaban J connectivity index is 0.000000238. The van der Waals surface area contributed by atoms with E-state index in [2.05, 4.69) is 10.2 Å². The maximum atomic E-state index is 12.7. The van der Waals surface area contributed by atoms with Gasteiger partial charge in [0.15, 0.2) is 21.3 Å². The predicted octanol–water partition coefficient (Wildman–Crippen LogP) is 3.71. The number of alkyl halides is 6. The summed E-state index contributed by atoms with van der Waals surface area (Å²) in [6.07, 6.45) is -6.86. The highest BCUT2D eigenvalue weighted by Gasteiger charge is 2.32. The standard InChI is InChI=1S/C16H10ClF3N2O3S.C9H5F3N2O2.C6H6ClNO2S.HI/c17-12-3-1-2-4-15(12)26(24,25)9-14(23)13-8-11-7-10(16(18,19)20)5-6-22(11)21-13;10-9(11,12)5-1-2-14-6(3-5)4-7(13-14)8(15)16;7-5-3-1-2-4-6(5)11(8,9)10;/h1-8H,9H2;1-4H,(H,15,16);1-4H,(H2,8,9,10);1H/p-1. The first-order valence-electron chi connectivity index (χ1n) is 14.1. The molecule has 0 bridgehead atoms. The van der Waals surface area contributed by atoms with Gasteiger partial charge in [0.1, 0.15) is 16.3 Å². The van der Waals surface area contributed by atoms with Gasteiger partial charge in [-0.15, -0.1) is 0 Å². The molecule has 0 saturated heterocycles. The van der Waals surface area contributed by atoms with E-state index in [1.807, 2.05) is 0 Å². The summed E-state index contributed by atoms with van der Waals surface area (Å²) in [4.78, 5) is 22.6. The maximum Gasteiger partial charge on any atom is 0.416 e. The molecule has 0 aliphatic heterocycles. The number of halogens is 9. The van der Waals surface area contributed by atoms with E-state index in [-0.39, 0.29) is 66.2 Å². The van der Waals surface area contributed by atoms with E-state index in [0.717, 1.165) is 57.8 Å². The van der Waals surface area contributed by atoms with Crippen LogP contribution in [0.2, 0.25) is 10.0 Å². The molecule has 3 N–H and O–H groups in total. The number of aromatic carboxylic acids is 1. The highest BCUT2D eigenvalue weighted by Crippen LogP contribution is 2.31. The van der Waals surface area contributed by atoms with Gasteiger partial charge in [-0.05, 0) is 60.7 Å². The first-order valence-corrected chi connectivity index (χ1v) is 18.1. The second kappa shape index (κ2) is 17.0. The Hall–Kier alpha value is -4.29. The van der Waals surface area contributed by atoms with E-state index < -0.39 is 60.8 Å². The lowest BCUT2D eigenvalue weighted by molar-refractivity contribution is -0.138. The largest absolute Gasteiger partial charge is 1.00 e. The van der Waals surface area contributed by atoms with Crippen LogP contribution >= 0.6 is 23.2 Å². The van der Waals surface area contributed by atoms with Crippen LogP contribution in [0.1, 0.15) is 32.1 Å². The summed E-state index contributed by atoms with van der Waals surface area (Å²) < 4.78 is 124. The molecule has 2 aromatic carbocycles. The van der Waals surface area contributed by atoms with Crippen molar-refractivity contribution in [3.8, 4) is 0 Å². The van der Waals surface area contributed by atoms with Crippen molar-refractivity contribution in [3.05, 3.63) is 130 Å². The smallest absolute Gasteiger partial charge is 0.416 e. The van der Waals surface area contributed by atoms with Crippen LogP contribution in [-0.2, 0) is 32.2 Å². The van der Waals surface area contributed by atoms with Gasteiger partial charge in [0.05, 0.1) is 37.1 Å². The Labute approximate surface area is 328 Å². The molecule has 23 heteroatoms. The summed E-state index contributed by atoms with van der Waals surface area (Å²) in [6.45, 7) is 0. The molecule has 0 aliphatic rings. The Morgan fingerprint density at radius 2 is 1.09 bits per heavy atom. The van der Waals surface area contributed by atoms with Crippen molar-refractivity contribution in [2.24, 2.45) is 5.14 Å². The lowest BCUT2D eigenvalue weighted by atomic mass is 10.2. The molecule has 4 aromatic heterocycles. The van der Waals surface area contributed by atoms with Crippen molar-refractivity contribution in [1.29, 1.82) is 0 Å². The number of rotatable bonds is 6.